The summed E-state index contributed by atoms with van der Waals surface area (Å²) >= 11 is 0. The summed E-state index contributed by atoms with van der Waals surface area (Å²) in [6.45, 7) is 10.8. The predicted molar refractivity (Wildman–Crippen MR) is 88.5 cm³/mol. The van der Waals surface area contributed by atoms with Crippen LogP contribution in [0.15, 0.2) is 24.3 Å². The van der Waals surface area contributed by atoms with E-state index in [0.29, 0.717) is 19.0 Å². The summed E-state index contributed by atoms with van der Waals surface area (Å²) < 4.78 is 26.6. The van der Waals surface area contributed by atoms with Crippen molar-refractivity contribution >= 4 is 10.0 Å². The largest absolute Gasteiger partial charge is 0.313 e. The molecule has 0 amide bonds. The van der Waals surface area contributed by atoms with Crippen LogP contribution in [-0.2, 0) is 22.3 Å². The first-order chi connectivity index (χ1) is 9.89. The fourth-order valence-corrected chi connectivity index (χ4v) is 3.95. The van der Waals surface area contributed by atoms with Crippen LogP contribution in [0.5, 0.6) is 0 Å². The number of nitrogens with zero attached hydrogens (tertiary/aromatic N) is 1. The zero-order valence-electron chi connectivity index (χ0n) is 13.6. The smallest absolute Gasteiger partial charge is 0.218 e. The maximum absolute atomic E-state index is 12.5. The molecule has 5 heteroatoms. The van der Waals surface area contributed by atoms with Gasteiger partial charge in [-0.2, -0.15) is 0 Å². The Kier molecular flexibility index (Phi) is 7.35. The lowest BCUT2D eigenvalue weighted by Gasteiger charge is -2.22. The minimum Gasteiger partial charge on any atom is -0.313 e. The van der Waals surface area contributed by atoms with E-state index in [2.05, 4.69) is 12.2 Å². The Bertz CT molecular complexity index is 527. The second kappa shape index (κ2) is 8.51. The molecule has 0 radical (unpaired) electrons. The molecule has 120 valence electrons. The van der Waals surface area contributed by atoms with Gasteiger partial charge in [-0.1, -0.05) is 52.0 Å². The highest BCUT2D eigenvalue weighted by Crippen LogP contribution is 2.14. The molecule has 4 nitrogen and oxygen atoms in total. The molecule has 0 aliphatic rings. The van der Waals surface area contributed by atoms with Crippen LogP contribution in [0.3, 0.4) is 0 Å². The highest BCUT2D eigenvalue weighted by Gasteiger charge is 2.21. The van der Waals surface area contributed by atoms with Crippen LogP contribution >= 0.6 is 0 Å². The number of hydrogen-bond acceptors (Lipinski definition) is 3. The Morgan fingerprint density at radius 3 is 2.43 bits per heavy atom. The van der Waals surface area contributed by atoms with E-state index < -0.39 is 10.0 Å². The topological polar surface area (TPSA) is 49.4 Å². The van der Waals surface area contributed by atoms with Gasteiger partial charge in [0.15, 0.2) is 0 Å². The highest BCUT2D eigenvalue weighted by atomic mass is 32.2. The van der Waals surface area contributed by atoms with Crippen LogP contribution in [0, 0.1) is 5.92 Å². The molecule has 0 unspecified atom stereocenters. The second-order valence-corrected chi connectivity index (χ2v) is 7.67. The average Bonchev–Trinajstić information content (AvgIpc) is 2.42. The van der Waals surface area contributed by atoms with Gasteiger partial charge in [-0.05, 0) is 23.6 Å². The molecule has 0 spiro atoms. The van der Waals surface area contributed by atoms with Crippen molar-refractivity contribution in [3.8, 4) is 0 Å². The van der Waals surface area contributed by atoms with Gasteiger partial charge < -0.3 is 5.32 Å². The molecule has 1 rings (SSSR count). The minimum atomic E-state index is -3.24. The molecule has 1 N–H and O–H groups in total. The van der Waals surface area contributed by atoms with E-state index in [-0.39, 0.29) is 5.75 Å². The number of nitrogens with one attached hydrogen (secondary N) is 1. The molecular formula is C16H28N2O2S. The standard InChI is InChI=1S/C16H28N2O2S/c1-5-17-11-15-8-7-9-16(10-15)13-21(19,20)18(6-2)12-14(3)4/h7-10,14,17H,5-6,11-13H2,1-4H3. The summed E-state index contributed by atoms with van der Waals surface area (Å²) in [6, 6.07) is 7.81. The molecule has 0 aliphatic heterocycles. The van der Waals surface area contributed by atoms with Crippen LogP contribution < -0.4 is 5.32 Å². The van der Waals surface area contributed by atoms with Crippen LogP contribution in [0.4, 0.5) is 0 Å². The molecule has 0 saturated carbocycles. The van der Waals surface area contributed by atoms with Crippen molar-refractivity contribution in [2.45, 2.75) is 40.0 Å². The summed E-state index contributed by atoms with van der Waals surface area (Å²) in [5, 5.41) is 3.25. The third-order valence-corrected chi connectivity index (χ3v) is 5.13. The highest BCUT2D eigenvalue weighted by molar-refractivity contribution is 7.88. The summed E-state index contributed by atoms with van der Waals surface area (Å²) in [5.74, 6) is 0.410. The fourth-order valence-electron chi connectivity index (χ4n) is 2.25. The Hall–Kier alpha value is -0.910. The van der Waals surface area contributed by atoms with Crippen LogP contribution in [-0.4, -0.2) is 32.4 Å². The quantitative estimate of drug-likeness (QED) is 0.762. The van der Waals surface area contributed by atoms with Gasteiger partial charge in [-0.15, -0.1) is 0 Å². The van der Waals surface area contributed by atoms with Crippen molar-refractivity contribution in [3.63, 3.8) is 0 Å². The molecule has 1 aromatic rings. The summed E-state index contributed by atoms with van der Waals surface area (Å²) in [5.41, 5.74) is 1.98. The maximum atomic E-state index is 12.5. The van der Waals surface area contributed by atoms with Crippen molar-refractivity contribution in [2.75, 3.05) is 19.6 Å². The summed E-state index contributed by atoms with van der Waals surface area (Å²) in [6.07, 6.45) is 0. The molecule has 0 aromatic heterocycles. The van der Waals surface area contributed by atoms with E-state index in [9.17, 15) is 8.42 Å². The lowest BCUT2D eigenvalue weighted by Crippen LogP contribution is -2.34. The number of rotatable bonds is 9. The third kappa shape index (κ3) is 6.16. The molecule has 21 heavy (non-hydrogen) atoms. The van der Waals surface area contributed by atoms with Crippen molar-refractivity contribution in [1.82, 2.24) is 9.62 Å². The van der Waals surface area contributed by atoms with E-state index in [1.165, 1.54) is 0 Å². The molecule has 0 heterocycles. The average molecular weight is 312 g/mol. The zero-order valence-corrected chi connectivity index (χ0v) is 14.4. The zero-order chi connectivity index (χ0) is 15.9. The lowest BCUT2D eigenvalue weighted by atomic mass is 10.1. The Balaban J connectivity index is 2.82. The molecule has 0 aliphatic carbocycles. The normalized spacial score (nSPS) is 12.3. The Morgan fingerprint density at radius 2 is 1.86 bits per heavy atom. The Labute approximate surface area is 129 Å². The molecule has 0 saturated heterocycles. The van der Waals surface area contributed by atoms with Crippen molar-refractivity contribution < 1.29 is 8.42 Å². The first kappa shape index (κ1) is 18.1. The van der Waals surface area contributed by atoms with Gasteiger partial charge >= 0.3 is 0 Å². The van der Waals surface area contributed by atoms with E-state index in [4.69, 9.17) is 0 Å². The molecule has 0 fully saturated rings. The van der Waals surface area contributed by atoms with Crippen molar-refractivity contribution in [3.05, 3.63) is 35.4 Å². The maximum Gasteiger partial charge on any atom is 0.218 e. The van der Waals surface area contributed by atoms with E-state index in [1.54, 1.807) is 4.31 Å². The fraction of sp³-hybridized carbons (Fsp3) is 0.625. The first-order valence-corrected chi connectivity index (χ1v) is 9.26. The van der Waals surface area contributed by atoms with Gasteiger partial charge in [0, 0.05) is 19.6 Å². The van der Waals surface area contributed by atoms with E-state index in [0.717, 1.165) is 24.2 Å². The van der Waals surface area contributed by atoms with Crippen molar-refractivity contribution in [1.29, 1.82) is 0 Å². The third-order valence-electron chi connectivity index (χ3n) is 3.23. The van der Waals surface area contributed by atoms with Crippen LogP contribution in [0.1, 0.15) is 38.8 Å². The number of hydrogen-bond donors (Lipinski definition) is 1. The van der Waals surface area contributed by atoms with Gasteiger partial charge in [0.25, 0.3) is 0 Å². The second-order valence-electron chi connectivity index (χ2n) is 5.70. The van der Waals surface area contributed by atoms with Crippen LogP contribution in [0.2, 0.25) is 0 Å². The number of sulfonamides is 1. The first-order valence-electron chi connectivity index (χ1n) is 7.65. The lowest BCUT2D eigenvalue weighted by molar-refractivity contribution is 0.380. The van der Waals surface area contributed by atoms with E-state index in [1.807, 2.05) is 45.0 Å². The molecule has 0 bridgehead atoms. The van der Waals surface area contributed by atoms with Gasteiger partial charge in [-0.3, -0.25) is 0 Å². The predicted octanol–water partition coefficient (Wildman–Crippen LogP) is 2.60. The van der Waals surface area contributed by atoms with E-state index >= 15 is 0 Å². The number of benzene rings is 1. The van der Waals surface area contributed by atoms with Gasteiger partial charge in [0.2, 0.25) is 10.0 Å². The Morgan fingerprint density at radius 1 is 1.19 bits per heavy atom. The molecular weight excluding hydrogens is 284 g/mol. The summed E-state index contributed by atoms with van der Waals surface area (Å²) in [4.78, 5) is 0. The monoisotopic (exact) mass is 312 g/mol. The molecule has 0 atom stereocenters. The van der Waals surface area contributed by atoms with Gasteiger partial charge in [-0.25, -0.2) is 12.7 Å². The van der Waals surface area contributed by atoms with Crippen molar-refractivity contribution in [2.24, 2.45) is 5.92 Å². The molecule has 1 aromatic carbocycles. The van der Waals surface area contributed by atoms with Crippen LogP contribution in [0.25, 0.3) is 0 Å². The summed E-state index contributed by atoms with van der Waals surface area (Å²) in [7, 11) is -3.24. The van der Waals surface area contributed by atoms with Gasteiger partial charge in [0.05, 0.1) is 5.75 Å². The SMILES string of the molecule is CCNCc1cccc(CS(=O)(=O)N(CC)CC(C)C)c1. The van der Waals surface area contributed by atoms with Gasteiger partial charge in [0.1, 0.15) is 0 Å². The minimum absolute atomic E-state index is 0.0769.